The molecule has 0 atom stereocenters. The standard InChI is InChI=1S/C19H17NOS2/c21-19(20-13-18-7-4-12-22-18)14-23-17-10-8-16(9-11-17)15-5-2-1-3-6-15/h1-12H,13-14H2,(H,20,21). The Hall–Kier alpha value is -2.04. The van der Waals surface area contributed by atoms with Crippen LogP contribution in [0.25, 0.3) is 11.1 Å². The summed E-state index contributed by atoms with van der Waals surface area (Å²) >= 11 is 3.22. The monoisotopic (exact) mass is 339 g/mol. The Morgan fingerprint density at radius 3 is 2.35 bits per heavy atom. The second-order valence-electron chi connectivity index (χ2n) is 5.04. The first-order valence-electron chi connectivity index (χ1n) is 7.38. The van der Waals surface area contributed by atoms with Crippen LogP contribution < -0.4 is 5.32 Å². The van der Waals surface area contributed by atoms with E-state index in [1.807, 2.05) is 35.7 Å². The van der Waals surface area contributed by atoms with Gasteiger partial charge in [0.25, 0.3) is 0 Å². The Kier molecular flexibility index (Phi) is 5.51. The molecule has 0 saturated carbocycles. The summed E-state index contributed by atoms with van der Waals surface area (Å²) in [5.41, 5.74) is 2.40. The van der Waals surface area contributed by atoms with Crippen molar-refractivity contribution in [3.05, 3.63) is 77.0 Å². The SMILES string of the molecule is O=C(CSc1ccc(-c2ccccc2)cc1)NCc1cccs1. The lowest BCUT2D eigenvalue weighted by molar-refractivity contribution is -0.118. The van der Waals surface area contributed by atoms with Gasteiger partial charge in [-0.3, -0.25) is 4.79 Å². The highest BCUT2D eigenvalue weighted by molar-refractivity contribution is 8.00. The average molecular weight is 339 g/mol. The third-order valence-electron chi connectivity index (χ3n) is 3.37. The number of rotatable bonds is 6. The number of benzene rings is 2. The first kappa shape index (κ1) is 15.8. The molecule has 2 nitrogen and oxygen atoms in total. The number of thiophene rings is 1. The molecule has 4 heteroatoms. The third-order valence-corrected chi connectivity index (χ3v) is 5.26. The molecule has 0 radical (unpaired) electrons. The zero-order valence-electron chi connectivity index (χ0n) is 12.6. The topological polar surface area (TPSA) is 29.1 Å². The first-order chi connectivity index (χ1) is 11.3. The molecular formula is C19H17NOS2. The van der Waals surface area contributed by atoms with E-state index in [1.54, 1.807) is 23.1 Å². The molecule has 0 aliphatic heterocycles. The van der Waals surface area contributed by atoms with E-state index in [2.05, 4.69) is 41.7 Å². The molecule has 23 heavy (non-hydrogen) atoms. The van der Waals surface area contributed by atoms with Gasteiger partial charge < -0.3 is 5.32 Å². The van der Waals surface area contributed by atoms with Gasteiger partial charge in [0.2, 0.25) is 5.91 Å². The number of hydrogen-bond donors (Lipinski definition) is 1. The van der Waals surface area contributed by atoms with Gasteiger partial charge in [-0.15, -0.1) is 23.1 Å². The van der Waals surface area contributed by atoms with Crippen molar-refractivity contribution in [1.29, 1.82) is 0 Å². The highest BCUT2D eigenvalue weighted by Gasteiger charge is 2.04. The molecule has 116 valence electrons. The van der Waals surface area contributed by atoms with Gasteiger partial charge in [-0.2, -0.15) is 0 Å². The van der Waals surface area contributed by atoms with Crippen molar-refractivity contribution in [2.24, 2.45) is 0 Å². The van der Waals surface area contributed by atoms with Gasteiger partial charge in [-0.05, 0) is 34.7 Å². The molecular weight excluding hydrogens is 322 g/mol. The molecule has 0 aliphatic rings. The maximum absolute atomic E-state index is 11.9. The molecule has 0 unspecified atom stereocenters. The number of nitrogens with one attached hydrogen (secondary N) is 1. The molecule has 0 spiro atoms. The molecule has 0 fully saturated rings. The zero-order chi connectivity index (χ0) is 15.9. The number of carbonyl (C=O) groups is 1. The lowest BCUT2D eigenvalue weighted by Gasteiger charge is -2.05. The van der Waals surface area contributed by atoms with Crippen LogP contribution in [-0.4, -0.2) is 11.7 Å². The number of amides is 1. The van der Waals surface area contributed by atoms with Gasteiger partial charge in [0, 0.05) is 9.77 Å². The summed E-state index contributed by atoms with van der Waals surface area (Å²) in [5.74, 6) is 0.506. The summed E-state index contributed by atoms with van der Waals surface area (Å²) in [6, 6.07) is 22.6. The maximum atomic E-state index is 11.9. The highest BCUT2D eigenvalue weighted by atomic mass is 32.2. The maximum Gasteiger partial charge on any atom is 0.230 e. The molecule has 1 amide bonds. The molecule has 0 aliphatic carbocycles. The third kappa shape index (κ3) is 4.71. The fourth-order valence-electron chi connectivity index (χ4n) is 2.17. The van der Waals surface area contributed by atoms with Crippen molar-refractivity contribution in [2.75, 3.05) is 5.75 Å². The van der Waals surface area contributed by atoms with Crippen LogP contribution in [0.3, 0.4) is 0 Å². The second kappa shape index (κ2) is 7.99. The number of hydrogen-bond acceptors (Lipinski definition) is 3. The van der Waals surface area contributed by atoms with Crippen LogP contribution in [0.2, 0.25) is 0 Å². The average Bonchev–Trinajstić information content (AvgIpc) is 3.13. The molecule has 1 aromatic heterocycles. The van der Waals surface area contributed by atoms with Crippen molar-refractivity contribution in [1.82, 2.24) is 5.32 Å². The fourth-order valence-corrected chi connectivity index (χ4v) is 3.55. The molecule has 3 aromatic rings. The summed E-state index contributed by atoms with van der Waals surface area (Å²) < 4.78 is 0. The smallest absolute Gasteiger partial charge is 0.230 e. The normalized spacial score (nSPS) is 10.4. The minimum absolute atomic E-state index is 0.0653. The summed E-state index contributed by atoms with van der Waals surface area (Å²) in [6.45, 7) is 0.615. The van der Waals surface area contributed by atoms with Crippen LogP contribution in [0.4, 0.5) is 0 Å². The summed E-state index contributed by atoms with van der Waals surface area (Å²) in [5, 5.41) is 4.96. The van der Waals surface area contributed by atoms with Gasteiger partial charge in [0.15, 0.2) is 0 Å². The van der Waals surface area contributed by atoms with E-state index in [0.717, 1.165) is 4.90 Å². The minimum atomic E-state index is 0.0653. The van der Waals surface area contributed by atoms with E-state index in [0.29, 0.717) is 12.3 Å². The van der Waals surface area contributed by atoms with Gasteiger partial charge in [0.05, 0.1) is 12.3 Å². The van der Waals surface area contributed by atoms with Crippen molar-refractivity contribution in [3.63, 3.8) is 0 Å². The molecule has 3 rings (SSSR count). The van der Waals surface area contributed by atoms with Crippen molar-refractivity contribution in [2.45, 2.75) is 11.4 Å². The van der Waals surface area contributed by atoms with Gasteiger partial charge >= 0.3 is 0 Å². The summed E-state index contributed by atoms with van der Waals surface area (Å²) in [7, 11) is 0. The van der Waals surface area contributed by atoms with E-state index < -0.39 is 0 Å². The Balaban J connectivity index is 1.49. The Morgan fingerprint density at radius 2 is 1.65 bits per heavy atom. The van der Waals surface area contributed by atoms with Crippen LogP contribution in [0.1, 0.15) is 4.88 Å². The Labute approximate surface area is 144 Å². The predicted octanol–water partition coefficient (Wildman–Crippen LogP) is 4.82. The minimum Gasteiger partial charge on any atom is -0.350 e. The molecule has 2 aromatic carbocycles. The van der Waals surface area contributed by atoms with Gasteiger partial charge in [-0.25, -0.2) is 0 Å². The van der Waals surface area contributed by atoms with E-state index in [4.69, 9.17) is 0 Å². The highest BCUT2D eigenvalue weighted by Crippen LogP contribution is 2.24. The van der Waals surface area contributed by atoms with E-state index >= 15 is 0 Å². The first-order valence-corrected chi connectivity index (χ1v) is 9.25. The van der Waals surface area contributed by atoms with Gasteiger partial charge in [-0.1, -0.05) is 48.5 Å². The number of thioether (sulfide) groups is 1. The molecule has 0 bridgehead atoms. The lowest BCUT2D eigenvalue weighted by Crippen LogP contribution is -2.24. The summed E-state index contributed by atoms with van der Waals surface area (Å²) in [4.78, 5) is 14.2. The van der Waals surface area contributed by atoms with Crippen molar-refractivity contribution < 1.29 is 4.79 Å². The quantitative estimate of drug-likeness (QED) is 0.652. The molecule has 0 saturated heterocycles. The van der Waals surface area contributed by atoms with Crippen LogP contribution in [0, 0.1) is 0 Å². The van der Waals surface area contributed by atoms with E-state index in [9.17, 15) is 4.79 Å². The summed E-state index contributed by atoms with van der Waals surface area (Å²) in [6.07, 6.45) is 0. The second-order valence-corrected chi connectivity index (χ2v) is 7.12. The van der Waals surface area contributed by atoms with Crippen molar-refractivity contribution >= 4 is 29.0 Å². The Bertz CT molecular complexity index is 737. The predicted molar refractivity (Wildman–Crippen MR) is 98.8 cm³/mol. The van der Waals surface area contributed by atoms with Gasteiger partial charge in [0.1, 0.15) is 0 Å². The van der Waals surface area contributed by atoms with E-state index in [-0.39, 0.29) is 5.91 Å². The van der Waals surface area contributed by atoms with Crippen LogP contribution in [0.5, 0.6) is 0 Å². The van der Waals surface area contributed by atoms with Crippen molar-refractivity contribution in [3.8, 4) is 11.1 Å². The zero-order valence-corrected chi connectivity index (χ0v) is 14.2. The van der Waals surface area contributed by atoms with Crippen LogP contribution >= 0.6 is 23.1 Å². The fraction of sp³-hybridized carbons (Fsp3) is 0.105. The molecule has 1 N–H and O–H groups in total. The number of carbonyl (C=O) groups excluding carboxylic acids is 1. The van der Waals surface area contributed by atoms with Crippen LogP contribution in [-0.2, 0) is 11.3 Å². The van der Waals surface area contributed by atoms with E-state index in [1.165, 1.54) is 16.0 Å². The largest absolute Gasteiger partial charge is 0.350 e. The molecule has 1 heterocycles. The Morgan fingerprint density at radius 1 is 0.913 bits per heavy atom. The van der Waals surface area contributed by atoms with Crippen LogP contribution in [0.15, 0.2) is 77.0 Å². The lowest BCUT2D eigenvalue weighted by atomic mass is 10.1.